The molecule has 4 heteroatoms. The zero-order valence-corrected chi connectivity index (χ0v) is 11.9. The van der Waals surface area contributed by atoms with Gasteiger partial charge in [-0.05, 0) is 31.2 Å². The van der Waals surface area contributed by atoms with Gasteiger partial charge >= 0.3 is 0 Å². The van der Waals surface area contributed by atoms with Crippen molar-refractivity contribution in [2.75, 3.05) is 19.8 Å². The second kappa shape index (κ2) is 9.08. The summed E-state index contributed by atoms with van der Waals surface area (Å²) in [6.07, 6.45) is 3.60. The molecule has 0 aliphatic carbocycles. The van der Waals surface area contributed by atoms with E-state index in [9.17, 15) is 0 Å². The highest BCUT2D eigenvalue weighted by Crippen LogP contribution is 2.15. The lowest BCUT2D eigenvalue weighted by molar-refractivity contribution is -0.182. The van der Waals surface area contributed by atoms with Crippen molar-refractivity contribution in [3.05, 3.63) is 35.9 Å². The third-order valence-corrected chi connectivity index (χ3v) is 3.39. The molecule has 1 N–H and O–H groups in total. The van der Waals surface area contributed by atoms with Crippen LogP contribution >= 0.6 is 0 Å². The monoisotopic (exact) mass is 280 g/mol. The molecule has 1 fully saturated rings. The van der Waals surface area contributed by atoms with Crippen LogP contribution in [0.3, 0.4) is 0 Å². The maximum atomic E-state index is 9.10. The van der Waals surface area contributed by atoms with Crippen molar-refractivity contribution in [3.8, 4) is 0 Å². The molecule has 1 aliphatic heterocycles. The molecule has 20 heavy (non-hydrogen) atoms. The van der Waals surface area contributed by atoms with Gasteiger partial charge in [-0.3, -0.25) is 0 Å². The quantitative estimate of drug-likeness (QED) is 0.795. The van der Waals surface area contributed by atoms with Crippen LogP contribution in [0.1, 0.15) is 31.2 Å². The number of hydrogen-bond acceptors (Lipinski definition) is 4. The summed E-state index contributed by atoms with van der Waals surface area (Å²) >= 11 is 0. The molecule has 1 aromatic rings. The number of hydrogen-bond donors (Lipinski definition) is 1. The molecule has 0 spiro atoms. The fourth-order valence-corrected chi connectivity index (χ4v) is 2.20. The highest BCUT2D eigenvalue weighted by Gasteiger charge is 2.17. The predicted octanol–water partition coefficient (Wildman–Crippen LogP) is 2.50. The molecule has 1 saturated heterocycles. The van der Waals surface area contributed by atoms with E-state index in [1.165, 1.54) is 0 Å². The Kier molecular flexibility index (Phi) is 7.01. The van der Waals surface area contributed by atoms with Crippen LogP contribution < -0.4 is 0 Å². The maximum Gasteiger partial charge on any atom is 0.157 e. The van der Waals surface area contributed by atoms with Crippen molar-refractivity contribution in [1.29, 1.82) is 0 Å². The van der Waals surface area contributed by atoms with E-state index in [0.29, 0.717) is 19.6 Å². The lowest BCUT2D eigenvalue weighted by atomic mass is 10.2. The minimum Gasteiger partial charge on any atom is -0.396 e. The lowest BCUT2D eigenvalue weighted by Gasteiger charge is -2.25. The van der Waals surface area contributed by atoms with Crippen LogP contribution in [-0.4, -0.2) is 37.3 Å². The molecule has 1 heterocycles. The van der Waals surface area contributed by atoms with E-state index in [0.717, 1.165) is 31.4 Å². The van der Waals surface area contributed by atoms with Crippen molar-refractivity contribution >= 4 is 0 Å². The molecule has 0 bridgehead atoms. The molecule has 112 valence electrons. The highest BCUT2D eigenvalue weighted by atomic mass is 16.7. The average Bonchev–Trinajstić information content (AvgIpc) is 2.52. The van der Waals surface area contributed by atoms with Crippen molar-refractivity contribution < 1.29 is 19.3 Å². The fourth-order valence-electron chi connectivity index (χ4n) is 2.20. The number of benzene rings is 1. The maximum absolute atomic E-state index is 9.10. The van der Waals surface area contributed by atoms with E-state index in [1.807, 2.05) is 30.3 Å². The summed E-state index contributed by atoms with van der Waals surface area (Å²) in [5, 5.41) is 9.10. The molecule has 0 amide bonds. The Balaban J connectivity index is 1.71. The first-order chi connectivity index (χ1) is 9.88. The molecule has 2 atom stereocenters. The van der Waals surface area contributed by atoms with Gasteiger partial charge in [0.15, 0.2) is 6.29 Å². The number of ether oxygens (including phenoxy) is 3. The largest absolute Gasteiger partial charge is 0.396 e. The molecule has 1 aliphatic rings. The third-order valence-electron chi connectivity index (χ3n) is 3.39. The first-order valence-corrected chi connectivity index (χ1v) is 7.38. The van der Waals surface area contributed by atoms with Gasteiger partial charge in [0.2, 0.25) is 0 Å². The van der Waals surface area contributed by atoms with Gasteiger partial charge in [0.25, 0.3) is 0 Å². The molecule has 0 radical (unpaired) electrons. The van der Waals surface area contributed by atoms with Crippen LogP contribution in [-0.2, 0) is 20.8 Å². The number of rotatable bonds is 8. The highest BCUT2D eigenvalue weighted by molar-refractivity contribution is 5.13. The van der Waals surface area contributed by atoms with Crippen molar-refractivity contribution in [1.82, 2.24) is 0 Å². The van der Waals surface area contributed by atoms with Crippen LogP contribution in [0.5, 0.6) is 0 Å². The van der Waals surface area contributed by atoms with Crippen molar-refractivity contribution in [2.45, 2.75) is 44.7 Å². The van der Waals surface area contributed by atoms with Gasteiger partial charge < -0.3 is 19.3 Å². The molecule has 1 aromatic carbocycles. The van der Waals surface area contributed by atoms with E-state index < -0.39 is 0 Å². The molecule has 4 nitrogen and oxygen atoms in total. The Labute approximate surface area is 120 Å². The Morgan fingerprint density at radius 2 is 2.10 bits per heavy atom. The lowest BCUT2D eigenvalue weighted by Crippen LogP contribution is -2.28. The Morgan fingerprint density at radius 3 is 2.80 bits per heavy atom. The topological polar surface area (TPSA) is 47.9 Å². The first kappa shape index (κ1) is 15.4. The van der Waals surface area contributed by atoms with Gasteiger partial charge in [0.05, 0.1) is 19.3 Å². The summed E-state index contributed by atoms with van der Waals surface area (Å²) in [5.74, 6) is 0. The molecule has 0 saturated carbocycles. The standard InChI is InChI=1S/C16H24O4/c17-10-9-15(13-20-16-8-4-5-11-18-16)19-12-14-6-2-1-3-7-14/h1-3,6-7,15-17H,4-5,8-13H2. The summed E-state index contributed by atoms with van der Waals surface area (Å²) in [4.78, 5) is 0. The van der Waals surface area contributed by atoms with Crippen LogP contribution in [0.25, 0.3) is 0 Å². The summed E-state index contributed by atoms with van der Waals surface area (Å²) in [6.45, 7) is 1.90. The van der Waals surface area contributed by atoms with Crippen LogP contribution in [0.4, 0.5) is 0 Å². The van der Waals surface area contributed by atoms with E-state index in [-0.39, 0.29) is 19.0 Å². The molecular formula is C16H24O4. The van der Waals surface area contributed by atoms with Gasteiger partial charge in [0.1, 0.15) is 0 Å². The summed E-state index contributed by atoms with van der Waals surface area (Å²) < 4.78 is 17.1. The number of aliphatic hydroxyl groups is 1. The van der Waals surface area contributed by atoms with E-state index >= 15 is 0 Å². The second-order valence-electron chi connectivity index (χ2n) is 5.06. The Morgan fingerprint density at radius 1 is 1.25 bits per heavy atom. The van der Waals surface area contributed by atoms with E-state index in [2.05, 4.69) is 0 Å². The van der Waals surface area contributed by atoms with Gasteiger partial charge in [-0.25, -0.2) is 0 Å². The van der Waals surface area contributed by atoms with Crippen LogP contribution in [0.15, 0.2) is 30.3 Å². The average molecular weight is 280 g/mol. The predicted molar refractivity (Wildman–Crippen MR) is 76.3 cm³/mol. The minimum atomic E-state index is -0.106. The second-order valence-corrected chi connectivity index (χ2v) is 5.06. The zero-order valence-electron chi connectivity index (χ0n) is 11.9. The van der Waals surface area contributed by atoms with Crippen molar-refractivity contribution in [2.24, 2.45) is 0 Å². The third kappa shape index (κ3) is 5.59. The molecule has 0 aromatic heterocycles. The normalized spacial score (nSPS) is 20.8. The van der Waals surface area contributed by atoms with Gasteiger partial charge in [-0.2, -0.15) is 0 Å². The van der Waals surface area contributed by atoms with Gasteiger partial charge in [-0.1, -0.05) is 30.3 Å². The molecule has 2 unspecified atom stereocenters. The van der Waals surface area contributed by atoms with Gasteiger partial charge in [-0.15, -0.1) is 0 Å². The fraction of sp³-hybridized carbons (Fsp3) is 0.625. The molecule has 2 rings (SSSR count). The zero-order chi connectivity index (χ0) is 14.0. The number of aliphatic hydroxyl groups excluding tert-OH is 1. The summed E-state index contributed by atoms with van der Waals surface area (Å²) in [5.41, 5.74) is 1.13. The smallest absolute Gasteiger partial charge is 0.157 e. The Hall–Kier alpha value is -0.940. The van der Waals surface area contributed by atoms with E-state index in [4.69, 9.17) is 19.3 Å². The SMILES string of the molecule is OCCC(COC1CCCCO1)OCc1ccccc1. The van der Waals surface area contributed by atoms with Crippen molar-refractivity contribution in [3.63, 3.8) is 0 Å². The van der Waals surface area contributed by atoms with Crippen LogP contribution in [0.2, 0.25) is 0 Å². The van der Waals surface area contributed by atoms with Gasteiger partial charge in [0, 0.05) is 13.2 Å². The van der Waals surface area contributed by atoms with E-state index in [1.54, 1.807) is 0 Å². The molecular weight excluding hydrogens is 256 g/mol. The van der Waals surface area contributed by atoms with Crippen LogP contribution in [0, 0.1) is 0 Å². The summed E-state index contributed by atoms with van der Waals surface area (Å²) in [6, 6.07) is 10.0. The summed E-state index contributed by atoms with van der Waals surface area (Å²) in [7, 11) is 0. The minimum absolute atomic E-state index is 0.0919. The Bertz CT molecular complexity index is 349. The first-order valence-electron chi connectivity index (χ1n) is 7.38.